The zero-order valence-corrected chi connectivity index (χ0v) is 51.4. The molecule has 0 aliphatic carbocycles. The Morgan fingerprint density at radius 3 is 1.25 bits per heavy atom. The van der Waals surface area contributed by atoms with Gasteiger partial charge in [-0.3, -0.25) is 0 Å². The molecule has 6 heterocycles. The van der Waals surface area contributed by atoms with Gasteiger partial charge < -0.3 is 13.3 Å². The molecule has 87 heavy (non-hydrogen) atoms. The quantitative estimate of drug-likeness (QED) is 0.161. The van der Waals surface area contributed by atoms with Crippen LogP contribution in [0, 0.1) is 41.5 Å². The summed E-state index contributed by atoms with van der Waals surface area (Å²) in [4.78, 5) is 0. The molecule has 0 N–H and O–H groups in total. The van der Waals surface area contributed by atoms with Gasteiger partial charge >= 0.3 is 0 Å². The highest BCUT2D eigenvalue weighted by Gasteiger charge is 2.23. The molecule has 0 amide bonds. The van der Waals surface area contributed by atoms with Crippen LogP contribution in [-0.4, -0.2) is 0 Å². The Labute approximate surface area is 508 Å². The number of benzene rings is 10. The largest absolute Gasteiger partial charge is 0.456 e. The van der Waals surface area contributed by atoms with Gasteiger partial charge in [-0.2, -0.15) is 0 Å². The standard InChI is InChI=1S/C31H26NO.C26H24NO.C24H20NO/c1-19-10-11-23-16-30-28(15-24(23)14-19)26-13-12-25(21(3)31(26)33-30)29-17-27(20(2)18-32(29)4)22-8-6-5-7-9-22;1-16(2)18-11-12-27(4)24(14-18)21-9-10-22-23-13-19-7-5-6-8-20(19)15-25(23)28-26(22)17(21)3;1-15-10-11-25(3)22(12-15)19-8-9-20-21-13-17-6-4-5-7-18(17)14-23(21)26-24(20)16(19)2/h5-18H,1-4H3;5-16H,1-4H3;4-14H,1-3H3/q3*+1/i;16D;. The Morgan fingerprint density at radius 2 is 0.759 bits per heavy atom. The van der Waals surface area contributed by atoms with Gasteiger partial charge in [-0.15, -0.1) is 0 Å². The normalized spacial score (nSPS) is 12.0. The Bertz CT molecular complexity index is 5490. The van der Waals surface area contributed by atoms with E-state index in [0.717, 1.165) is 66.7 Å². The van der Waals surface area contributed by atoms with E-state index in [-0.39, 0.29) is 0 Å². The van der Waals surface area contributed by atoms with Crippen LogP contribution < -0.4 is 13.7 Å². The van der Waals surface area contributed by atoms with E-state index in [0.29, 0.717) is 0 Å². The van der Waals surface area contributed by atoms with Crippen LogP contribution in [0.5, 0.6) is 0 Å². The third-order valence-corrected chi connectivity index (χ3v) is 17.9. The molecule has 424 valence electrons. The van der Waals surface area contributed by atoms with Crippen molar-refractivity contribution in [2.75, 3.05) is 0 Å². The molecule has 0 aliphatic rings. The van der Waals surface area contributed by atoms with E-state index in [9.17, 15) is 0 Å². The summed E-state index contributed by atoms with van der Waals surface area (Å²) in [6.07, 6.45) is 6.37. The second kappa shape index (κ2) is 21.7. The van der Waals surface area contributed by atoms with Crippen molar-refractivity contribution < 1.29 is 28.3 Å². The molecule has 0 bridgehead atoms. The van der Waals surface area contributed by atoms with E-state index in [1.54, 1.807) is 0 Å². The number of fused-ring (bicyclic) bond motifs is 12. The number of aryl methyl sites for hydroxylation is 9. The molecular formula is C81H70N3O3+3. The van der Waals surface area contributed by atoms with Crippen LogP contribution in [0.4, 0.5) is 0 Å². The van der Waals surface area contributed by atoms with E-state index in [1.807, 2.05) is 33.2 Å². The molecule has 10 aromatic carbocycles. The summed E-state index contributed by atoms with van der Waals surface area (Å²) in [6.45, 7) is 16.7. The van der Waals surface area contributed by atoms with Crippen molar-refractivity contribution in [1.29, 1.82) is 0 Å². The minimum atomic E-state index is -0.638. The van der Waals surface area contributed by atoms with Crippen LogP contribution in [0.3, 0.4) is 0 Å². The van der Waals surface area contributed by atoms with Crippen LogP contribution in [0.1, 0.15) is 60.1 Å². The van der Waals surface area contributed by atoms with Crippen molar-refractivity contribution in [3.8, 4) is 44.9 Å². The molecular weight excluding hydrogens is 1060 g/mol. The lowest BCUT2D eigenvalue weighted by Gasteiger charge is -2.10. The fourth-order valence-electron chi connectivity index (χ4n) is 13.1. The second-order valence-corrected chi connectivity index (χ2v) is 24.1. The van der Waals surface area contributed by atoms with Crippen LogP contribution >= 0.6 is 0 Å². The fourth-order valence-corrected chi connectivity index (χ4v) is 13.1. The van der Waals surface area contributed by atoms with Crippen molar-refractivity contribution >= 4 is 98.1 Å². The van der Waals surface area contributed by atoms with Crippen molar-refractivity contribution in [3.05, 3.63) is 258 Å². The first-order valence-electron chi connectivity index (χ1n) is 30.5. The van der Waals surface area contributed by atoms with Gasteiger partial charge in [-0.25, -0.2) is 13.7 Å². The molecule has 0 saturated carbocycles. The third-order valence-electron chi connectivity index (χ3n) is 17.9. The summed E-state index contributed by atoms with van der Waals surface area (Å²) >= 11 is 0. The molecule has 6 nitrogen and oxygen atoms in total. The third kappa shape index (κ3) is 9.76. The molecule has 0 spiro atoms. The fraction of sp³-hybridized carbons (Fsp3) is 0.148. The number of nitrogens with zero attached hydrogens (tertiary/aromatic N) is 3. The number of hydrogen-bond donors (Lipinski definition) is 0. The molecule has 6 aromatic heterocycles. The molecule has 16 rings (SSSR count). The Morgan fingerprint density at radius 1 is 0.345 bits per heavy atom. The summed E-state index contributed by atoms with van der Waals surface area (Å²) in [6, 6.07) is 71.2. The summed E-state index contributed by atoms with van der Waals surface area (Å²) < 4.78 is 34.0. The van der Waals surface area contributed by atoms with Gasteiger partial charge in [0.2, 0.25) is 17.1 Å². The first-order valence-corrected chi connectivity index (χ1v) is 30.0. The Balaban J connectivity index is 0.000000117. The van der Waals surface area contributed by atoms with E-state index < -0.39 is 5.89 Å². The maximum Gasteiger partial charge on any atom is 0.213 e. The van der Waals surface area contributed by atoms with Gasteiger partial charge in [-0.1, -0.05) is 116 Å². The number of pyridine rings is 3. The number of aromatic nitrogens is 3. The molecule has 0 fully saturated rings. The first-order chi connectivity index (χ1) is 42.4. The lowest BCUT2D eigenvalue weighted by Crippen LogP contribution is -2.31. The highest BCUT2D eigenvalue weighted by Crippen LogP contribution is 2.41. The highest BCUT2D eigenvalue weighted by atomic mass is 16.3. The summed E-state index contributed by atoms with van der Waals surface area (Å²) in [5.74, 6) is -0.638. The van der Waals surface area contributed by atoms with E-state index >= 15 is 0 Å². The van der Waals surface area contributed by atoms with Crippen LogP contribution in [0.2, 0.25) is 0 Å². The lowest BCUT2D eigenvalue weighted by molar-refractivity contribution is -0.660. The molecule has 6 heteroatoms. The zero-order chi connectivity index (χ0) is 60.9. The van der Waals surface area contributed by atoms with Gasteiger partial charge in [0.25, 0.3) is 0 Å². The SMILES string of the molecule is Cc1cc[n+](C)c(-c2ccc3c(oc4cc5ccccc5cc43)c2C)c1.Cc1ccc2cc3oc4c(C)c(-c5cc(-c6ccccc6)c(C)c[n+]5C)ccc4c3cc2c1.[2H]C(C)(C)c1cc[n+](C)c(-c2ccc3c(oc4cc5ccccc5cc43)c2C)c1. The number of rotatable bonds is 5. The van der Waals surface area contributed by atoms with E-state index in [4.69, 9.17) is 14.6 Å². The van der Waals surface area contributed by atoms with Crippen molar-refractivity contribution in [2.24, 2.45) is 21.1 Å². The molecule has 0 saturated heterocycles. The maximum absolute atomic E-state index is 8.40. The monoisotopic (exact) mass is 1130 g/mol. The van der Waals surface area contributed by atoms with Crippen LogP contribution in [0.25, 0.3) is 143 Å². The minimum absolute atomic E-state index is 0.638. The molecule has 0 unspecified atom stereocenters. The number of furan rings is 3. The van der Waals surface area contributed by atoms with Gasteiger partial charge in [0.1, 0.15) is 54.6 Å². The predicted molar refractivity (Wildman–Crippen MR) is 361 cm³/mol. The van der Waals surface area contributed by atoms with Gasteiger partial charge in [-0.05, 0) is 175 Å². The second-order valence-electron chi connectivity index (χ2n) is 24.1. The van der Waals surface area contributed by atoms with E-state index in [2.05, 4.69) is 276 Å². The van der Waals surface area contributed by atoms with E-state index in [1.165, 1.54) is 115 Å². The van der Waals surface area contributed by atoms with Gasteiger partial charge in [0, 0.05) is 86.3 Å². The summed E-state index contributed by atoms with van der Waals surface area (Å²) in [7, 11) is 6.25. The average molecular weight is 1130 g/mol. The molecule has 0 atom stereocenters. The summed E-state index contributed by atoms with van der Waals surface area (Å²) in [5, 5.41) is 14.3. The maximum atomic E-state index is 8.40. The molecule has 0 radical (unpaired) electrons. The topological polar surface area (TPSA) is 51.1 Å². The van der Waals surface area contributed by atoms with Crippen LogP contribution in [-0.2, 0) is 21.1 Å². The Hall–Kier alpha value is -10.2. The Kier molecular flexibility index (Phi) is 13.4. The first kappa shape index (κ1) is 53.5. The molecule has 0 aliphatic heterocycles. The van der Waals surface area contributed by atoms with Gasteiger partial charge in [0.05, 0.1) is 16.7 Å². The van der Waals surface area contributed by atoms with Crippen molar-refractivity contribution in [2.45, 2.75) is 61.3 Å². The zero-order valence-electron chi connectivity index (χ0n) is 52.4. The smallest absolute Gasteiger partial charge is 0.213 e. The molecule has 16 aromatic rings. The lowest BCUT2D eigenvalue weighted by atomic mass is 9.96. The highest BCUT2D eigenvalue weighted by molar-refractivity contribution is 6.14. The summed E-state index contributed by atoms with van der Waals surface area (Å²) in [5.41, 5.74) is 23.5. The average Bonchev–Trinajstić information content (AvgIpc) is 1.68. The number of hydrogen-bond acceptors (Lipinski definition) is 3. The predicted octanol–water partition coefficient (Wildman–Crippen LogP) is 20.3. The van der Waals surface area contributed by atoms with Gasteiger partial charge in [0.15, 0.2) is 18.6 Å². The minimum Gasteiger partial charge on any atom is -0.456 e. The van der Waals surface area contributed by atoms with Crippen molar-refractivity contribution in [3.63, 3.8) is 0 Å². The van der Waals surface area contributed by atoms with Crippen molar-refractivity contribution in [1.82, 2.24) is 0 Å². The van der Waals surface area contributed by atoms with Crippen LogP contribution in [0.15, 0.2) is 232 Å².